The summed E-state index contributed by atoms with van der Waals surface area (Å²) >= 11 is 0. The molecule has 0 aromatic carbocycles. The third-order valence-corrected chi connectivity index (χ3v) is 3.00. The molecule has 1 unspecified atom stereocenters. The average molecular weight is 199 g/mol. The van der Waals surface area contributed by atoms with Gasteiger partial charge >= 0.3 is 0 Å². The molecule has 82 valence electrons. The lowest BCUT2D eigenvalue weighted by Crippen LogP contribution is -2.48. The maximum atomic E-state index is 7.49. The zero-order chi connectivity index (χ0) is 10.6. The lowest BCUT2D eigenvalue weighted by atomic mass is 10.0. The van der Waals surface area contributed by atoms with E-state index in [9.17, 15) is 0 Å². The summed E-state index contributed by atoms with van der Waals surface area (Å²) in [6, 6.07) is 0.132. The van der Waals surface area contributed by atoms with Gasteiger partial charge < -0.3 is 10.5 Å². The van der Waals surface area contributed by atoms with Gasteiger partial charge in [-0.1, -0.05) is 6.92 Å². The number of methoxy groups -OCH3 is 1. The quantitative estimate of drug-likeness (QED) is 0.520. The molecule has 3 N–H and O–H groups in total. The van der Waals surface area contributed by atoms with Crippen molar-refractivity contribution in [3.63, 3.8) is 0 Å². The Balaban J connectivity index is 2.43. The second-order valence-electron chi connectivity index (χ2n) is 3.85. The van der Waals surface area contributed by atoms with Crippen LogP contribution in [-0.4, -0.2) is 43.1 Å². The molecule has 0 spiro atoms. The van der Waals surface area contributed by atoms with Gasteiger partial charge in [0.1, 0.15) is 5.84 Å². The van der Waals surface area contributed by atoms with E-state index in [4.69, 9.17) is 15.9 Å². The van der Waals surface area contributed by atoms with Crippen LogP contribution in [0.1, 0.15) is 26.2 Å². The standard InChI is InChI=1S/C10H21N3O/c1-3-9(10(11)12)13-6-4-8(14-2)5-7-13/h8-9H,3-7H2,1-2H3,(H3,11,12). The van der Waals surface area contributed by atoms with Crippen molar-refractivity contribution in [2.45, 2.75) is 38.3 Å². The fourth-order valence-electron chi connectivity index (χ4n) is 2.10. The lowest BCUT2D eigenvalue weighted by molar-refractivity contribution is 0.0349. The Kier molecular flexibility index (Phi) is 4.35. The van der Waals surface area contributed by atoms with Crippen molar-refractivity contribution < 1.29 is 4.74 Å². The minimum Gasteiger partial charge on any atom is -0.386 e. The van der Waals surface area contributed by atoms with Gasteiger partial charge in [0.15, 0.2) is 0 Å². The Labute approximate surface area is 85.9 Å². The first-order chi connectivity index (χ1) is 6.69. The van der Waals surface area contributed by atoms with Gasteiger partial charge in [-0.3, -0.25) is 10.3 Å². The Morgan fingerprint density at radius 1 is 1.57 bits per heavy atom. The van der Waals surface area contributed by atoms with Crippen LogP contribution in [-0.2, 0) is 4.74 Å². The Bertz CT molecular complexity index is 188. The highest BCUT2D eigenvalue weighted by Crippen LogP contribution is 2.16. The number of hydrogen-bond acceptors (Lipinski definition) is 3. The normalized spacial score (nSPS) is 22.1. The van der Waals surface area contributed by atoms with Crippen molar-refractivity contribution in [1.29, 1.82) is 5.41 Å². The number of ether oxygens (including phenoxy) is 1. The second kappa shape index (κ2) is 5.32. The summed E-state index contributed by atoms with van der Waals surface area (Å²) in [7, 11) is 1.77. The molecule has 1 fully saturated rings. The van der Waals surface area contributed by atoms with E-state index in [0.717, 1.165) is 32.4 Å². The van der Waals surface area contributed by atoms with Crippen molar-refractivity contribution >= 4 is 5.84 Å². The van der Waals surface area contributed by atoms with Gasteiger partial charge in [0.25, 0.3) is 0 Å². The summed E-state index contributed by atoms with van der Waals surface area (Å²) in [5.74, 6) is 0.295. The minimum atomic E-state index is 0.132. The monoisotopic (exact) mass is 199 g/mol. The number of hydrogen-bond donors (Lipinski definition) is 2. The molecule has 1 heterocycles. The molecule has 0 aliphatic carbocycles. The highest BCUT2D eigenvalue weighted by Gasteiger charge is 2.25. The zero-order valence-electron chi connectivity index (χ0n) is 9.12. The Morgan fingerprint density at radius 2 is 2.14 bits per heavy atom. The summed E-state index contributed by atoms with van der Waals surface area (Å²) in [5, 5.41) is 7.49. The van der Waals surface area contributed by atoms with E-state index in [1.54, 1.807) is 7.11 Å². The number of nitrogens with zero attached hydrogens (tertiary/aromatic N) is 1. The van der Waals surface area contributed by atoms with Crippen molar-refractivity contribution in [1.82, 2.24) is 4.90 Å². The molecule has 4 nitrogen and oxygen atoms in total. The summed E-state index contributed by atoms with van der Waals surface area (Å²) in [4.78, 5) is 2.29. The van der Waals surface area contributed by atoms with Gasteiger partial charge in [-0.15, -0.1) is 0 Å². The van der Waals surface area contributed by atoms with Crippen LogP contribution in [0.15, 0.2) is 0 Å². The highest BCUT2D eigenvalue weighted by molar-refractivity contribution is 5.82. The van der Waals surface area contributed by atoms with Gasteiger partial charge in [-0.2, -0.15) is 0 Å². The van der Waals surface area contributed by atoms with E-state index in [2.05, 4.69) is 11.8 Å². The molecule has 0 aromatic rings. The van der Waals surface area contributed by atoms with Gasteiger partial charge in [-0.05, 0) is 19.3 Å². The Hall–Kier alpha value is -0.610. The summed E-state index contributed by atoms with van der Waals surface area (Å²) in [5.41, 5.74) is 5.56. The highest BCUT2D eigenvalue weighted by atomic mass is 16.5. The smallest absolute Gasteiger partial charge is 0.108 e. The number of likely N-dealkylation sites (tertiary alicyclic amines) is 1. The van der Waals surface area contributed by atoms with Crippen LogP contribution in [0, 0.1) is 5.41 Å². The fourth-order valence-corrected chi connectivity index (χ4v) is 2.10. The van der Waals surface area contributed by atoms with E-state index < -0.39 is 0 Å². The SMILES string of the molecule is CCC(C(=N)N)N1CCC(OC)CC1. The number of nitrogens with two attached hydrogens (primary N) is 1. The molecule has 0 bridgehead atoms. The maximum absolute atomic E-state index is 7.49. The van der Waals surface area contributed by atoms with Gasteiger partial charge in [0.05, 0.1) is 12.1 Å². The maximum Gasteiger partial charge on any atom is 0.108 e. The second-order valence-corrected chi connectivity index (χ2v) is 3.85. The first-order valence-electron chi connectivity index (χ1n) is 5.29. The molecular formula is C10H21N3O. The number of amidine groups is 1. The molecule has 0 amide bonds. The fraction of sp³-hybridized carbons (Fsp3) is 0.900. The topological polar surface area (TPSA) is 62.3 Å². The van der Waals surface area contributed by atoms with E-state index in [1.807, 2.05) is 0 Å². The Morgan fingerprint density at radius 3 is 2.50 bits per heavy atom. The molecule has 1 atom stereocenters. The van der Waals surface area contributed by atoms with Crippen molar-refractivity contribution in [2.75, 3.05) is 20.2 Å². The number of rotatable bonds is 4. The average Bonchev–Trinajstić information content (AvgIpc) is 2.19. The first kappa shape index (κ1) is 11.5. The predicted molar refractivity (Wildman–Crippen MR) is 57.6 cm³/mol. The number of nitrogens with one attached hydrogen (secondary N) is 1. The largest absolute Gasteiger partial charge is 0.386 e. The predicted octanol–water partition coefficient (Wildman–Crippen LogP) is 0.812. The molecule has 0 aromatic heterocycles. The van der Waals surface area contributed by atoms with Crippen molar-refractivity contribution in [2.24, 2.45) is 5.73 Å². The zero-order valence-corrected chi connectivity index (χ0v) is 9.12. The third-order valence-electron chi connectivity index (χ3n) is 3.00. The van der Waals surface area contributed by atoms with E-state index in [0.29, 0.717) is 11.9 Å². The van der Waals surface area contributed by atoms with Crippen LogP contribution in [0.5, 0.6) is 0 Å². The molecule has 4 heteroatoms. The molecule has 1 saturated heterocycles. The van der Waals surface area contributed by atoms with Crippen LogP contribution in [0.3, 0.4) is 0 Å². The molecule has 0 radical (unpaired) electrons. The lowest BCUT2D eigenvalue weighted by Gasteiger charge is -2.36. The van der Waals surface area contributed by atoms with E-state index >= 15 is 0 Å². The van der Waals surface area contributed by atoms with Gasteiger partial charge in [0, 0.05) is 20.2 Å². The van der Waals surface area contributed by atoms with Crippen LogP contribution in [0.2, 0.25) is 0 Å². The molecule has 1 aliphatic heterocycles. The molecule has 14 heavy (non-hydrogen) atoms. The van der Waals surface area contributed by atoms with Crippen LogP contribution in [0.4, 0.5) is 0 Å². The first-order valence-corrected chi connectivity index (χ1v) is 5.29. The van der Waals surface area contributed by atoms with Crippen LogP contribution in [0.25, 0.3) is 0 Å². The summed E-state index contributed by atoms with van der Waals surface area (Å²) in [6.07, 6.45) is 3.43. The van der Waals surface area contributed by atoms with Gasteiger partial charge in [-0.25, -0.2) is 0 Å². The van der Waals surface area contributed by atoms with Crippen molar-refractivity contribution in [3.05, 3.63) is 0 Å². The minimum absolute atomic E-state index is 0.132. The van der Waals surface area contributed by atoms with Crippen LogP contribution < -0.4 is 5.73 Å². The molecule has 1 aliphatic rings. The third kappa shape index (κ3) is 2.69. The van der Waals surface area contributed by atoms with Crippen molar-refractivity contribution in [3.8, 4) is 0 Å². The molecular weight excluding hydrogens is 178 g/mol. The molecule has 0 saturated carbocycles. The van der Waals surface area contributed by atoms with E-state index in [-0.39, 0.29) is 6.04 Å². The van der Waals surface area contributed by atoms with E-state index in [1.165, 1.54) is 0 Å². The van der Waals surface area contributed by atoms with Crippen LogP contribution >= 0.6 is 0 Å². The summed E-state index contributed by atoms with van der Waals surface area (Å²) < 4.78 is 5.30. The molecule has 1 rings (SSSR count). The number of piperidine rings is 1. The summed E-state index contributed by atoms with van der Waals surface area (Å²) in [6.45, 7) is 4.07. The van der Waals surface area contributed by atoms with Gasteiger partial charge in [0.2, 0.25) is 0 Å².